The molecule has 2 heterocycles. The molecule has 0 bridgehead atoms. The van der Waals surface area contributed by atoms with Crippen LogP contribution in [0.15, 0.2) is 16.5 Å². The van der Waals surface area contributed by atoms with Crippen molar-refractivity contribution in [3.05, 3.63) is 23.7 Å². The first-order valence-electron chi connectivity index (χ1n) is 5.91. The number of aryl methyl sites for hydroxylation is 1. The van der Waals surface area contributed by atoms with Crippen LogP contribution in [0.1, 0.15) is 11.5 Å². The number of furan rings is 1. The lowest BCUT2D eigenvalue weighted by Crippen LogP contribution is -2.46. The van der Waals surface area contributed by atoms with Crippen molar-refractivity contribution in [2.75, 3.05) is 32.8 Å². The quantitative estimate of drug-likeness (QED) is 0.860. The number of carbonyl (C=O) groups is 1. The lowest BCUT2D eigenvalue weighted by Gasteiger charge is -2.26. The first kappa shape index (κ1) is 12.0. The van der Waals surface area contributed by atoms with Crippen LogP contribution in [-0.2, 0) is 11.2 Å². The van der Waals surface area contributed by atoms with Gasteiger partial charge in [-0.25, -0.2) is 4.79 Å². The summed E-state index contributed by atoms with van der Waals surface area (Å²) < 4.78 is 10.6. The van der Waals surface area contributed by atoms with E-state index < -0.39 is 0 Å². The van der Waals surface area contributed by atoms with Crippen LogP contribution in [0.4, 0.5) is 4.79 Å². The Hall–Kier alpha value is -1.49. The Morgan fingerprint density at radius 2 is 2.18 bits per heavy atom. The second-order valence-corrected chi connectivity index (χ2v) is 4.09. The van der Waals surface area contributed by atoms with Crippen LogP contribution in [0.3, 0.4) is 0 Å². The molecule has 17 heavy (non-hydrogen) atoms. The Kier molecular flexibility index (Phi) is 4.03. The van der Waals surface area contributed by atoms with Crippen LogP contribution in [0.2, 0.25) is 0 Å². The predicted octanol–water partition coefficient (Wildman–Crippen LogP) is 1.17. The smallest absolute Gasteiger partial charge is 0.317 e. The number of amides is 2. The van der Waals surface area contributed by atoms with Crippen molar-refractivity contribution in [3.63, 3.8) is 0 Å². The fourth-order valence-corrected chi connectivity index (χ4v) is 1.79. The highest BCUT2D eigenvalue weighted by atomic mass is 16.5. The largest absolute Gasteiger partial charge is 0.466 e. The molecule has 94 valence electrons. The van der Waals surface area contributed by atoms with Crippen molar-refractivity contribution < 1.29 is 13.9 Å². The Morgan fingerprint density at radius 1 is 1.41 bits per heavy atom. The van der Waals surface area contributed by atoms with E-state index in [9.17, 15) is 4.79 Å². The number of carbonyl (C=O) groups excluding carboxylic acids is 1. The minimum Gasteiger partial charge on any atom is -0.466 e. The highest BCUT2D eigenvalue weighted by Crippen LogP contribution is 2.06. The summed E-state index contributed by atoms with van der Waals surface area (Å²) in [6, 6.07) is 3.85. The second-order valence-electron chi connectivity index (χ2n) is 4.09. The standard InChI is InChI=1S/C12H18N2O3/c1-10-2-3-11(17-10)4-5-13-12(15)14-6-8-16-9-7-14/h2-3H,4-9H2,1H3,(H,13,15). The van der Waals surface area contributed by atoms with Gasteiger partial charge in [-0.3, -0.25) is 0 Å². The van der Waals surface area contributed by atoms with Gasteiger partial charge in [0.2, 0.25) is 0 Å². The molecule has 1 fully saturated rings. The van der Waals surface area contributed by atoms with Gasteiger partial charge in [-0.15, -0.1) is 0 Å². The van der Waals surface area contributed by atoms with E-state index in [0.29, 0.717) is 32.8 Å². The zero-order valence-electron chi connectivity index (χ0n) is 10.1. The van der Waals surface area contributed by atoms with E-state index in [1.165, 1.54) is 0 Å². The molecule has 0 saturated carbocycles. The second kappa shape index (κ2) is 5.72. The van der Waals surface area contributed by atoms with Crippen molar-refractivity contribution in [2.24, 2.45) is 0 Å². The summed E-state index contributed by atoms with van der Waals surface area (Å²) in [6.07, 6.45) is 0.726. The lowest BCUT2D eigenvalue weighted by molar-refractivity contribution is 0.0532. The topological polar surface area (TPSA) is 54.7 Å². The number of nitrogens with one attached hydrogen (secondary N) is 1. The molecule has 5 heteroatoms. The first-order chi connectivity index (χ1) is 8.25. The van der Waals surface area contributed by atoms with Gasteiger partial charge in [-0.1, -0.05) is 0 Å². The minimum atomic E-state index is -0.0171. The number of nitrogens with zero attached hydrogens (tertiary/aromatic N) is 1. The Morgan fingerprint density at radius 3 is 2.82 bits per heavy atom. The fourth-order valence-electron chi connectivity index (χ4n) is 1.79. The lowest BCUT2D eigenvalue weighted by atomic mass is 10.3. The molecule has 1 aliphatic rings. The molecule has 2 amide bonds. The van der Waals surface area contributed by atoms with Crippen molar-refractivity contribution in [2.45, 2.75) is 13.3 Å². The number of hydrogen-bond acceptors (Lipinski definition) is 3. The van der Waals surface area contributed by atoms with E-state index >= 15 is 0 Å². The molecule has 5 nitrogen and oxygen atoms in total. The Balaban J connectivity index is 1.69. The first-order valence-corrected chi connectivity index (χ1v) is 5.91. The van der Waals surface area contributed by atoms with Crippen molar-refractivity contribution in [3.8, 4) is 0 Å². The van der Waals surface area contributed by atoms with Gasteiger partial charge >= 0.3 is 6.03 Å². The molecular formula is C12H18N2O3. The zero-order valence-corrected chi connectivity index (χ0v) is 10.1. The summed E-state index contributed by atoms with van der Waals surface area (Å²) in [5.74, 6) is 1.81. The van der Waals surface area contributed by atoms with Crippen molar-refractivity contribution >= 4 is 6.03 Å². The molecule has 0 aliphatic carbocycles. The van der Waals surface area contributed by atoms with Gasteiger partial charge in [-0.2, -0.15) is 0 Å². The summed E-state index contributed by atoms with van der Waals surface area (Å²) in [6.45, 7) is 5.12. The van der Waals surface area contributed by atoms with Crippen LogP contribution in [0.25, 0.3) is 0 Å². The monoisotopic (exact) mass is 238 g/mol. The normalized spacial score (nSPS) is 15.9. The van der Waals surface area contributed by atoms with Crippen LogP contribution in [-0.4, -0.2) is 43.8 Å². The highest BCUT2D eigenvalue weighted by molar-refractivity contribution is 5.74. The highest BCUT2D eigenvalue weighted by Gasteiger charge is 2.15. The van der Waals surface area contributed by atoms with Crippen molar-refractivity contribution in [1.82, 2.24) is 10.2 Å². The average Bonchev–Trinajstić information content (AvgIpc) is 2.76. The molecule has 1 aromatic heterocycles. The molecule has 1 saturated heterocycles. The number of ether oxygens (including phenoxy) is 1. The fraction of sp³-hybridized carbons (Fsp3) is 0.583. The molecular weight excluding hydrogens is 220 g/mol. The third-order valence-corrected chi connectivity index (χ3v) is 2.74. The number of rotatable bonds is 3. The summed E-state index contributed by atoms with van der Waals surface area (Å²) in [5.41, 5.74) is 0. The third-order valence-electron chi connectivity index (χ3n) is 2.74. The van der Waals surface area contributed by atoms with Crippen LogP contribution >= 0.6 is 0 Å². The van der Waals surface area contributed by atoms with E-state index in [-0.39, 0.29) is 6.03 Å². The van der Waals surface area contributed by atoms with Gasteiger partial charge < -0.3 is 19.4 Å². The zero-order chi connectivity index (χ0) is 12.1. The molecule has 0 atom stereocenters. The maximum atomic E-state index is 11.7. The molecule has 0 unspecified atom stereocenters. The van der Waals surface area contributed by atoms with Gasteiger partial charge in [0.15, 0.2) is 0 Å². The van der Waals surface area contributed by atoms with Crippen LogP contribution in [0.5, 0.6) is 0 Å². The van der Waals surface area contributed by atoms with Gasteiger partial charge in [0, 0.05) is 26.1 Å². The molecule has 1 aliphatic heterocycles. The maximum absolute atomic E-state index is 11.7. The summed E-state index contributed by atoms with van der Waals surface area (Å²) >= 11 is 0. The van der Waals surface area contributed by atoms with E-state index in [1.54, 1.807) is 4.90 Å². The molecule has 0 aromatic carbocycles. The van der Waals surface area contributed by atoms with Crippen LogP contribution < -0.4 is 5.32 Å². The Bertz CT molecular complexity index is 370. The van der Waals surface area contributed by atoms with Gasteiger partial charge in [-0.05, 0) is 19.1 Å². The summed E-state index contributed by atoms with van der Waals surface area (Å²) in [4.78, 5) is 13.5. The van der Waals surface area contributed by atoms with Crippen molar-refractivity contribution in [1.29, 1.82) is 0 Å². The van der Waals surface area contributed by atoms with Gasteiger partial charge in [0.25, 0.3) is 0 Å². The van der Waals surface area contributed by atoms with Gasteiger partial charge in [0.1, 0.15) is 11.5 Å². The third kappa shape index (κ3) is 3.49. The molecule has 0 spiro atoms. The Labute approximate surface area is 101 Å². The number of hydrogen-bond donors (Lipinski definition) is 1. The predicted molar refractivity (Wildman–Crippen MR) is 62.9 cm³/mol. The average molecular weight is 238 g/mol. The number of morpholine rings is 1. The maximum Gasteiger partial charge on any atom is 0.317 e. The van der Waals surface area contributed by atoms with Crippen LogP contribution in [0, 0.1) is 6.92 Å². The van der Waals surface area contributed by atoms with E-state index in [4.69, 9.17) is 9.15 Å². The van der Waals surface area contributed by atoms with Gasteiger partial charge in [0.05, 0.1) is 13.2 Å². The van der Waals surface area contributed by atoms with E-state index in [0.717, 1.165) is 17.9 Å². The molecule has 0 radical (unpaired) electrons. The molecule has 2 rings (SSSR count). The molecule has 1 N–H and O–H groups in total. The summed E-state index contributed by atoms with van der Waals surface area (Å²) in [5, 5.41) is 2.88. The molecule has 1 aromatic rings. The van der Waals surface area contributed by atoms with E-state index in [2.05, 4.69) is 5.32 Å². The number of urea groups is 1. The summed E-state index contributed by atoms with van der Waals surface area (Å²) in [7, 11) is 0. The minimum absolute atomic E-state index is 0.0171. The SMILES string of the molecule is Cc1ccc(CCNC(=O)N2CCOCC2)o1. The van der Waals surface area contributed by atoms with E-state index in [1.807, 2.05) is 19.1 Å².